The molecule has 0 unspecified atom stereocenters. The number of carbonyl (C=O) groups excluding carboxylic acids is 1. The van der Waals surface area contributed by atoms with E-state index in [1.165, 1.54) is 0 Å². The van der Waals surface area contributed by atoms with E-state index >= 15 is 0 Å². The van der Waals surface area contributed by atoms with E-state index in [0.29, 0.717) is 11.8 Å². The fraction of sp³-hybridized carbons (Fsp3) is 0.588. The third kappa shape index (κ3) is 3.17. The molecule has 0 bridgehead atoms. The summed E-state index contributed by atoms with van der Waals surface area (Å²) in [6.45, 7) is 3.51. The van der Waals surface area contributed by atoms with Gasteiger partial charge in [-0.1, -0.05) is 0 Å². The topological polar surface area (TPSA) is 65.1 Å². The van der Waals surface area contributed by atoms with Crippen molar-refractivity contribution in [3.05, 3.63) is 29.5 Å². The molecule has 1 N–H and O–H groups in total. The van der Waals surface area contributed by atoms with Crippen molar-refractivity contribution in [2.45, 2.75) is 31.6 Å². The van der Waals surface area contributed by atoms with Crippen molar-refractivity contribution in [1.29, 1.82) is 0 Å². The Labute approximate surface area is 145 Å². The zero-order chi connectivity index (χ0) is 16.4. The highest BCUT2D eigenvalue weighted by Crippen LogP contribution is 2.29. The van der Waals surface area contributed by atoms with Crippen LogP contribution in [0.25, 0.3) is 0 Å². The van der Waals surface area contributed by atoms with E-state index in [-0.39, 0.29) is 5.92 Å². The van der Waals surface area contributed by atoms with E-state index in [1.807, 2.05) is 17.6 Å². The molecule has 0 spiro atoms. The standard InChI is InChI=1S/C17H23N5OS/c23-16(14-4-2-9-22(12-14)17-18-7-10-24-17)21-8-1-3-13(11-21)15-5-6-19-20-15/h5-7,10,13-14H,1-4,8-9,11-12H2,(H,19,20)/t13-,14+/m0/s1. The lowest BCUT2D eigenvalue weighted by Crippen LogP contribution is -2.47. The Bertz CT molecular complexity index is 600. The number of aromatic nitrogens is 3. The van der Waals surface area contributed by atoms with Gasteiger partial charge in [0.15, 0.2) is 5.13 Å². The zero-order valence-corrected chi connectivity index (χ0v) is 14.5. The molecule has 128 valence electrons. The minimum atomic E-state index is 0.100. The average Bonchev–Trinajstić information content (AvgIpc) is 3.35. The van der Waals surface area contributed by atoms with Gasteiger partial charge in [-0.15, -0.1) is 11.3 Å². The number of aromatic amines is 1. The average molecular weight is 345 g/mol. The smallest absolute Gasteiger partial charge is 0.227 e. The summed E-state index contributed by atoms with van der Waals surface area (Å²) in [7, 11) is 0. The number of nitrogens with one attached hydrogen (secondary N) is 1. The van der Waals surface area contributed by atoms with Crippen LogP contribution in [0.15, 0.2) is 23.8 Å². The van der Waals surface area contributed by atoms with Gasteiger partial charge < -0.3 is 9.80 Å². The molecule has 2 aliphatic heterocycles. The SMILES string of the molecule is O=C([C@@H]1CCCN(c2nccs2)C1)N1CCC[C@H](c2ccn[nH]2)C1. The minimum absolute atomic E-state index is 0.100. The highest BCUT2D eigenvalue weighted by molar-refractivity contribution is 7.13. The quantitative estimate of drug-likeness (QED) is 0.928. The van der Waals surface area contributed by atoms with Crippen molar-refractivity contribution in [2.75, 3.05) is 31.1 Å². The maximum atomic E-state index is 13.0. The molecule has 1 amide bonds. The van der Waals surface area contributed by atoms with E-state index < -0.39 is 0 Å². The van der Waals surface area contributed by atoms with Gasteiger partial charge in [-0.25, -0.2) is 4.98 Å². The number of hydrogen-bond donors (Lipinski definition) is 1. The monoisotopic (exact) mass is 345 g/mol. The maximum absolute atomic E-state index is 13.0. The van der Waals surface area contributed by atoms with Crippen molar-refractivity contribution in [2.24, 2.45) is 5.92 Å². The summed E-state index contributed by atoms with van der Waals surface area (Å²) in [6.07, 6.45) is 7.88. The molecule has 0 radical (unpaired) electrons. The van der Waals surface area contributed by atoms with Crippen LogP contribution in [-0.2, 0) is 4.79 Å². The molecule has 4 heterocycles. The Hall–Kier alpha value is -1.89. The number of rotatable bonds is 3. The fourth-order valence-electron chi connectivity index (χ4n) is 3.91. The summed E-state index contributed by atoms with van der Waals surface area (Å²) >= 11 is 1.66. The lowest BCUT2D eigenvalue weighted by Gasteiger charge is -2.38. The van der Waals surface area contributed by atoms with Crippen LogP contribution in [0.3, 0.4) is 0 Å². The molecule has 7 heteroatoms. The third-order valence-corrected chi connectivity index (χ3v) is 5.99. The highest BCUT2D eigenvalue weighted by atomic mass is 32.1. The Balaban J connectivity index is 1.41. The summed E-state index contributed by atoms with van der Waals surface area (Å²) in [6, 6.07) is 2.03. The first-order valence-electron chi connectivity index (χ1n) is 8.74. The van der Waals surface area contributed by atoms with Crippen molar-refractivity contribution in [3.8, 4) is 0 Å². The van der Waals surface area contributed by atoms with Crippen LogP contribution in [0.4, 0.5) is 5.13 Å². The molecule has 2 aromatic heterocycles. The van der Waals surface area contributed by atoms with Crippen LogP contribution < -0.4 is 4.90 Å². The van der Waals surface area contributed by atoms with Crippen molar-refractivity contribution in [3.63, 3.8) is 0 Å². The van der Waals surface area contributed by atoms with Gasteiger partial charge in [-0.05, 0) is 31.7 Å². The largest absolute Gasteiger partial charge is 0.347 e. The van der Waals surface area contributed by atoms with Gasteiger partial charge in [0.05, 0.1) is 5.92 Å². The number of carbonyl (C=O) groups is 1. The summed E-state index contributed by atoms with van der Waals surface area (Å²) in [4.78, 5) is 21.8. The van der Waals surface area contributed by atoms with Crippen LogP contribution in [0, 0.1) is 5.92 Å². The Kier molecular flexibility index (Phi) is 4.51. The predicted octanol–water partition coefficient (Wildman–Crippen LogP) is 2.49. The number of H-pyrrole nitrogens is 1. The Morgan fingerprint density at radius 2 is 2.12 bits per heavy atom. The number of amides is 1. The highest BCUT2D eigenvalue weighted by Gasteiger charge is 2.33. The summed E-state index contributed by atoms with van der Waals surface area (Å²) in [5.74, 6) is 0.812. The maximum Gasteiger partial charge on any atom is 0.227 e. The van der Waals surface area contributed by atoms with E-state index in [4.69, 9.17) is 0 Å². The van der Waals surface area contributed by atoms with Gasteiger partial charge >= 0.3 is 0 Å². The number of thiazole rings is 1. The molecular weight excluding hydrogens is 322 g/mol. The van der Waals surface area contributed by atoms with Crippen LogP contribution in [0.2, 0.25) is 0 Å². The predicted molar refractivity (Wildman–Crippen MR) is 94.2 cm³/mol. The number of piperidine rings is 2. The number of likely N-dealkylation sites (tertiary alicyclic amines) is 1. The molecule has 0 saturated carbocycles. The number of anilines is 1. The van der Waals surface area contributed by atoms with Crippen molar-refractivity contribution >= 4 is 22.4 Å². The molecule has 6 nitrogen and oxygen atoms in total. The van der Waals surface area contributed by atoms with Gasteiger partial charge in [0.1, 0.15) is 0 Å². The zero-order valence-electron chi connectivity index (χ0n) is 13.7. The number of nitrogens with zero attached hydrogens (tertiary/aromatic N) is 4. The second-order valence-electron chi connectivity index (χ2n) is 6.74. The summed E-state index contributed by atoms with van der Waals surface area (Å²) in [5, 5.41) is 10.2. The summed E-state index contributed by atoms with van der Waals surface area (Å²) < 4.78 is 0. The Morgan fingerprint density at radius 1 is 1.21 bits per heavy atom. The third-order valence-electron chi connectivity index (χ3n) is 5.16. The molecule has 2 saturated heterocycles. The fourth-order valence-corrected chi connectivity index (χ4v) is 4.59. The second kappa shape index (κ2) is 6.93. The van der Waals surface area contributed by atoms with Gasteiger partial charge in [0, 0.05) is 55.6 Å². The molecule has 0 aromatic carbocycles. The van der Waals surface area contributed by atoms with Gasteiger partial charge in [-0.3, -0.25) is 9.89 Å². The first-order valence-corrected chi connectivity index (χ1v) is 9.62. The first kappa shape index (κ1) is 15.6. The van der Waals surface area contributed by atoms with Crippen LogP contribution in [0.5, 0.6) is 0 Å². The van der Waals surface area contributed by atoms with Gasteiger partial charge in [0.25, 0.3) is 0 Å². The van der Waals surface area contributed by atoms with E-state index in [0.717, 1.165) is 62.7 Å². The normalized spacial score (nSPS) is 25.0. The second-order valence-corrected chi connectivity index (χ2v) is 7.61. The van der Waals surface area contributed by atoms with Crippen LogP contribution >= 0.6 is 11.3 Å². The summed E-state index contributed by atoms with van der Waals surface area (Å²) in [5.41, 5.74) is 1.15. The molecule has 0 aliphatic carbocycles. The van der Waals surface area contributed by atoms with E-state index in [9.17, 15) is 4.79 Å². The molecule has 4 rings (SSSR count). The van der Waals surface area contributed by atoms with Gasteiger partial charge in [-0.2, -0.15) is 5.10 Å². The van der Waals surface area contributed by atoms with Crippen molar-refractivity contribution < 1.29 is 4.79 Å². The van der Waals surface area contributed by atoms with E-state index in [2.05, 4.69) is 25.0 Å². The molecule has 2 fully saturated rings. The molecular formula is C17H23N5OS. The first-order chi connectivity index (χ1) is 11.8. The molecule has 2 aromatic rings. The minimum Gasteiger partial charge on any atom is -0.347 e. The molecule has 2 aliphatic rings. The van der Waals surface area contributed by atoms with E-state index in [1.54, 1.807) is 17.5 Å². The van der Waals surface area contributed by atoms with Gasteiger partial charge in [0.2, 0.25) is 5.91 Å². The van der Waals surface area contributed by atoms with Crippen LogP contribution in [0.1, 0.15) is 37.3 Å². The lowest BCUT2D eigenvalue weighted by atomic mass is 9.91. The van der Waals surface area contributed by atoms with Crippen LogP contribution in [-0.4, -0.2) is 52.2 Å². The van der Waals surface area contributed by atoms with Crippen molar-refractivity contribution in [1.82, 2.24) is 20.1 Å². The Morgan fingerprint density at radius 3 is 2.92 bits per heavy atom. The lowest BCUT2D eigenvalue weighted by molar-refractivity contribution is -0.137. The number of hydrogen-bond acceptors (Lipinski definition) is 5. The molecule has 24 heavy (non-hydrogen) atoms. The molecule has 2 atom stereocenters.